The highest BCUT2D eigenvalue weighted by atomic mass is 16.5. The van der Waals surface area contributed by atoms with Gasteiger partial charge >= 0.3 is 0 Å². The molecule has 0 aliphatic heterocycles. The second-order valence-electron chi connectivity index (χ2n) is 3.82. The minimum absolute atomic E-state index is 0.0425. The molecule has 0 radical (unpaired) electrons. The van der Waals surface area contributed by atoms with Gasteiger partial charge in [0.15, 0.2) is 11.5 Å². The maximum absolute atomic E-state index is 9.72. The first kappa shape index (κ1) is 14.6. The molecule has 102 valence electrons. The van der Waals surface area contributed by atoms with Crippen LogP contribution in [0.4, 0.5) is 0 Å². The topological polar surface area (TPSA) is 91.2 Å². The lowest BCUT2D eigenvalue weighted by Crippen LogP contribution is -2.28. The van der Waals surface area contributed by atoms with Crippen molar-refractivity contribution in [3.05, 3.63) is 17.7 Å². The number of aromatic hydroxyl groups is 1. The Morgan fingerprint density at radius 1 is 1.22 bits per heavy atom. The van der Waals surface area contributed by atoms with Crippen LogP contribution in [0.2, 0.25) is 0 Å². The summed E-state index contributed by atoms with van der Waals surface area (Å²) in [6.45, 7) is 0.460. The molecule has 0 bridgehead atoms. The highest BCUT2D eigenvalue weighted by Crippen LogP contribution is 2.36. The number of benzene rings is 1. The van der Waals surface area contributed by atoms with E-state index in [1.165, 1.54) is 14.2 Å². The van der Waals surface area contributed by atoms with Crippen LogP contribution in [-0.4, -0.2) is 48.8 Å². The molecule has 0 spiro atoms. The van der Waals surface area contributed by atoms with Crippen molar-refractivity contribution in [1.29, 1.82) is 0 Å². The van der Waals surface area contributed by atoms with Crippen LogP contribution in [0.15, 0.2) is 12.1 Å². The molecule has 0 aliphatic carbocycles. The number of aliphatic hydroxyl groups excluding tert-OH is 2. The normalized spacial score (nSPS) is 12.2. The zero-order chi connectivity index (χ0) is 13.5. The fraction of sp³-hybridized carbons (Fsp3) is 0.500. The molecule has 0 heterocycles. The Bertz CT molecular complexity index is 358. The zero-order valence-corrected chi connectivity index (χ0v) is 10.5. The fourth-order valence-corrected chi connectivity index (χ4v) is 1.50. The van der Waals surface area contributed by atoms with Gasteiger partial charge in [-0.3, -0.25) is 0 Å². The Morgan fingerprint density at radius 2 is 1.78 bits per heavy atom. The van der Waals surface area contributed by atoms with E-state index in [9.17, 15) is 10.2 Å². The largest absolute Gasteiger partial charge is 0.502 e. The van der Waals surface area contributed by atoms with Gasteiger partial charge in [0.1, 0.15) is 0 Å². The van der Waals surface area contributed by atoms with E-state index in [2.05, 4.69) is 5.32 Å². The Kier molecular flexibility index (Phi) is 5.70. The van der Waals surface area contributed by atoms with Gasteiger partial charge in [0.05, 0.1) is 26.9 Å². The third-order valence-corrected chi connectivity index (χ3v) is 2.46. The second kappa shape index (κ2) is 7.05. The van der Waals surface area contributed by atoms with Crippen molar-refractivity contribution in [1.82, 2.24) is 5.32 Å². The second-order valence-corrected chi connectivity index (χ2v) is 3.82. The van der Waals surface area contributed by atoms with Gasteiger partial charge in [-0.1, -0.05) is 0 Å². The third kappa shape index (κ3) is 3.76. The monoisotopic (exact) mass is 257 g/mol. The van der Waals surface area contributed by atoms with Crippen molar-refractivity contribution in [2.45, 2.75) is 12.6 Å². The molecule has 0 unspecified atom stereocenters. The molecule has 18 heavy (non-hydrogen) atoms. The maximum Gasteiger partial charge on any atom is 0.200 e. The van der Waals surface area contributed by atoms with Crippen molar-refractivity contribution in [2.24, 2.45) is 0 Å². The number of nitrogens with one attached hydrogen (secondary N) is 1. The smallest absolute Gasteiger partial charge is 0.200 e. The molecule has 1 atom stereocenters. The Balaban J connectivity index is 2.71. The Labute approximate surface area is 106 Å². The Hall–Kier alpha value is -1.50. The molecular weight excluding hydrogens is 238 g/mol. The van der Waals surface area contributed by atoms with E-state index >= 15 is 0 Å². The zero-order valence-electron chi connectivity index (χ0n) is 10.5. The lowest BCUT2D eigenvalue weighted by molar-refractivity contribution is 0.0942. The molecule has 6 nitrogen and oxygen atoms in total. The molecule has 0 aromatic heterocycles. The van der Waals surface area contributed by atoms with Crippen LogP contribution in [0.25, 0.3) is 0 Å². The van der Waals surface area contributed by atoms with E-state index in [-0.39, 0.29) is 18.9 Å². The van der Waals surface area contributed by atoms with Gasteiger partial charge in [0, 0.05) is 13.1 Å². The molecule has 0 aliphatic rings. The lowest BCUT2D eigenvalue weighted by atomic mass is 10.1. The van der Waals surface area contributed by atoms with Gasteiger partial charge in [-0.2, -0.15) is 0 Å². The summed E-state index contributed by atoms with van der Waals surface area (Å²) in [5.74, 6) is 0.613. The van der Waals surface area contributed by atoms with Crippen molar-refractivity contribution in [3.8, 4) is 17.2 Å². The maximum atomic E-state index is 9.72. The fourth-order valence-electron chi connectivity index (χ4n) is 1.50. The van der Waals surface area contributed by atoms with Gasteiger partial charge in [0.2, 0.25) is 5.75 Å². The number of phenolic OH excluding ortho intramolecular Hbond substituents is 1. The summed E-state index contributed by atoms with van der Waals surface area (Å²) in [5, 5.41) is 30.5. The number of methoxy groups -OCH3 is 2. The summed E-state index contributed by atoms with van der Waals surface area (Å²) in [4.78, 5) is 0. The molecule has 0 saturated carbocycles. The van der Waals surface area contributed by atoms with E-state index in [4.69, 9.17) is 14.6 Å². The standard InChI is InChI=1S/C12H19NO5/c1-17-10-3-8(4-11(18-2)12(10)16)5-13-6-9(15)7-14/h3-4,9,13-16H,5-7H2,1-2H3/t9-/m1/s1. The first-order valence-corrected chi connectivity index (χ1v) is 5.55. The van der Waals surface area contributed by atoms with Crippen LogP contribution < -0.4 is 14.8 Å². The van der Waals surface area contributed by atoms with Gasteiger partial charge in [-0.05, 0) is 17.7 Å². The van der Waals surface area contributed by atoms with Crippen LogP contribution in [0.1, 0.15) is 5.56 Å². The molecule has 1 aromatic rings. The quantitative estimate of drug-likeness (QED) is 0.543. The molecule has 4 N–H and O–H groups in total. The predicted octanol–water partition coefficient (Wildman–Crippen LogP) is -0.148. The SMILES string of the molecule is COc1cc(CNC[C@@H](O)CO)cc(OC)c1O. The minimum atomic E-state index is -0.786. The third-order valence-electron chi connectivity index (χ3n) is 2.46. The number of aliphatic hydroxyl groups is 2. The van der Waals surface area contributed by atoms with E-state index in [1.807, 2.05) is 0 Å². The molecule has 1 aromatic carbocycles. The average Bonchev–Trinajstić information content (AvgIpc) is 2.39. The van der Waals surface area contributed by atoms with Crippen LogP contribution in [0.3, 0.4) is 0 Å². The summed E-state index contributed by atoms with van der Waals surface area (Å²) in [7, 11) is 2.92. The predicted molar refractivity (Wildman–Crippen MR) is 66.0 cm³/mol. The first-order chi connectivity index (χ1) is 8.62. The summed E-state index contributed by atoms with van der Waals surface area (Å²) >= 11 is 0. The molecule has 0 fully saturated rings. The van der Waals surface area contributed by atoms with E-state index in [0.29, 0.717) is 18.0 Å². The van der Waals surface area contributed by atoms with E-state index in [1.54, 1.807) is 12.1 Å². The van der Waals surface area contributed by atoms with Crippen LogP contribution >= 0.6 is 0 Å². The van der Waals surface area contributed by atoms with Crippen LogP contribution in [0.5, 0.6) is 17.2 Å². The molecule has 1 rings (SSSR count). The van der Waals surface area contributed by atoms with E-state index < -0.39 is 6.10 Å². The van der Waals surface area contributed by atoms with Crippen molar-refractivity contribution in [2.75, 3.05) is 27.4 Å². The summed E-state index contributed by atoms with van der Waals surface area (Å²) in [6.07, 6.45) is -0.786. The van der Waals surface area contributed by atoms with Gasteiger partial charge < -0.3 is 30.1 Å². The van der Waals surface area contributed by atoms with Crippen molar-refractivity contribution >= 4 is 0 Å². The van der Waals surface area contributed by atoms with Crippen LogP contribution in [-0.2, 0) is 6.54 Å². The Morgan fingerprint density at radius 3 is 2.22 bits per heavy atom. The number of phenols is 1. The molecular formula is C12H19NO5. The molecule has 6 heteroatoms. The van der Waals surface area contributed by atoms with Gasteiger partial charge in [-0.15, -0.1) is 0 Å². The first-order valence-electron chi connectivity index (χ1n) is 5.55. The molecule has 0 amide bonds. The highest BCUT2D eigenvalue weighted by Gasteiger charge is 2.11. The number of rotatable bonds is 7. The van der Waals surface area contributed by atoms with Crippen molar-refractivity contribution in [3.63, 3.8) is 0 Å². The number of ether oxygens (including phenoxy) is 2. The van der Waals surface area contributed by atoms with Crippen LogP contribution in [0, 0.1) is 0 Å². The number of hydrogen-bond acceptors (Lipinski definition) is 6. The van der Waals surface area contributed by atoms with Gasteiger partial charge in [0.25, 0.3) is 0 Å². The minimum Gasteiger partial charge on any atom is -0.502 e. The molecule has 0 saturated heterocycles. The summed E-state index contributed by atoms with van der Waals surface area (Å²) < 4.78 is 10.1. The lowest BCUT2D eigenvalue weighted by Gasteiger charge is -2.13. The summed E-state index contributed by atoms with van der Waals surface area (Å²) in [6, 6.07) is 3.35. The average molecular weight is 257 g/mol. The highest BCUT2D eigenvalue weighted by molar-refractivity contribution is 5.52. The van der Waals surface area contributed by atoms with E-state index in [0.717, 1.165) is 5.56 Å². The summed E-state index contributed by atoms with van der Waals surface area (Å²) in [5.41, 5.74) is 0.839. The van der Waals surface area contributed by atoms with Crippen molar-refractivity contribution < 1.29 is 24.8 Å². The number of hydrogen-bond donors (Lipinski definition) is 4. The van der Waals surface area contributed by atoms with Gasteiger partial charge in [-0.25, -0.2) is 0 Å².